The van der Waals surface area contributed by atoms with Gasteiger partial charge >= 0.3 is 5.97 Å². The molecular formula is C55H82O16. The number of carboxylic acids is 1. The van der Waals surface area contributed by atoms with E-state index in [0.29, 0.717) is 18.8 Å². The topological polar surface area (TPSA) is 233 Å². The molecule has 0 amide bonds. The van der Waals surface area contributed by atoms with Crippen molar-refractivity contribution in [1.29, 1.82) is 0 Å². The van der Waals surface area contributed by atoms with Crippen LogP contribution in [0.4, 0.5) is 0 Å². The van der Waals surface area contributed by atoms with E-state index >= 15 is 0 Å². The molecule has 0 radical (unpaired) electrons. The summed E-state index contributed by atoms with van der Waals surface area (Å²) in [5.41, 5.74) is 0.790. The molecule has 10 rings (SSSR count). The average Bonchev–Trinajstić information content (AvgIpc) is 3.32. The molecule has 71 heavy (non-hydrogen) atoms. The van der Waals surface area contributed by atoms with Crippen LogP contribution >= 0.6 is 0 Å². The number of carboxylic acid groups (broad SMARTS) is 1. The molecule has 8 fully saturated rings. The van der Waals surface area contributed by atoms with Gasteiger partial charge in [-0.2, -0.15) is 0 Å². The highest BCUT2D eigenvalue weighted by Crippen LogP contribution is 2.76. The summed E-state index contributed by atoms with van der Waals surface area (Å²) in [6.45, 7) is 19.8. The van der Waals surface area contributed by atoms with E-state index in [1.54, 1.807) is 13.8 Å². The minimum Gasteiger partial charge on any atom is -0.481 e. The van der Waals surface area contributed by atoms with Gasteiger partial charge in [0.25, 0.3) is 0 Å². The second-order valence-electron chi connectivity index (χ2n) is 25.4. The van der Waals surface area contributed by atoms with Gasteiger partial charge in [0.2, 0.25) is 0 Å². The van der Waals surface area contributed by atoms with Crippen molar-refractivity contribution >= 4 is 5.97 Å². The Morgan fingerprint density at radius 3 is 1.90 bits per heavy atom. The third kappa shape index (κ3) is 8.34. The summed E-state index contributed by atoms with van der Waals surface area (Å²) in [6, 6.07) is 9.34. The van der Waals surface area contributed by atoms with Gasteiger partial charge in [-0.25, -0.2) is 0 Å². The number of aliphatic hydroxyl groups excluding tert-OH is 6. The van der Waals surface area contributed by atoms with Crippen molar-refractivity contribution in [1.82, 2.24) is 0 Å². The van der Waals surface area contributed by atoms with Gasteiger partial charge in [0, 0.05) is 5.56 Å². The van der Waals surface area contributed by atoms with Crippen LogP contribution in [0.2, 0.25) is 0 Å². The van der Waals surface area contributed by atoms with Crippen LogP contribution in [0.1, 0.15) is 138 Å². The van der Waals surface area contributed by atoms with Gasteiger partial charge in [0.15, 0.2) is 25.2 Å². The largest absolute Gasteiger partial charge is 0.481 e. The smallest absolute Gasteiger partial charge is 0.310 e. The fraction of sp³-hybridized carbons (Fsp3) is 0.836. The molecular weight excluding hydrogens is 917 g/mol. The number of hydrogen-bond donors (Lipinski definition) is 7. The molecule has 5 aliphatic carbocycles. The summed E-state index contributed by atoms with van der Waals surface area (Å²) in [5.74, 6) is -0.0394. The zero-order valence-electron chi connectivity index (χ0n) is 43.1. The van der Waals surface area contributed by atoms with Gasteiger partial charge in [-0.15, -0.1) is 0 Å². The molecule has 1 aromatic rings. The number of fused-ring (bicyclic) bond motifs is 8. The van der Waals surface area contributed by atoms with Gasteiger partial charge in [0.05, 0.1) is 30.3 Å². The number of hydrogen-bond acceptors (Lipinski definition) is 15. The molecule has 1 unspecified atom stereocenters. The van der Waals surface area contributed by atoms with E-state index in [1.165, 1.54) is 5.57 Å². The predicted molar refractivity (Wildman–Crippen MR) is 255 cm³/mol. The molecule has 16 heteroatoms. The second-order valence-corrected chi connectivity index (χ2v) is 25.4. The number of ether oxygens (including phenoxy) is 8. The highest BCUT2D eigenvalue weighted by molar-refractivity contribution is 5.76. The van der Waals surface area contributed by atoms with E-state index in [0.717, 1.165) is 56.9 Å². The first-order valence-electron chi connectivity index (χ1n) is 26.6. The summed E-state index contributed by atoms with van der Waals surface area (Å²) in [4.78, 5) is 13.3. The number of aliphatic carboxylic acids is 1. The molecule has 4 saturated carbocycles. The Morgan fingerprint density at radius 2 is 1.27 bits per heavy atom. The maximum Gasteiger partial charge on any atom is 0.310 e. The lowest BCUT2D eigenvalue weighted by atomic mass is 9.33. The van der Waals surface area contributed by atoms with Crippen molar-refractivity contribution in [3.63, 3.8) is 0 Å². The van der Waals surface area contributed by atoms with Gasteiger partial charge in [-0.1, -0.05) is 90.4 Å². The lowest BCUT2D eigenvalue weighted by Crippen LogP contribution is -2.69. The molecule has 4 aliphatic heterocycles. The molecule has 0 bridgehead atoms. The van der Waals surface area contributed by atoms with Crippen LogP contribution in [-0.2, 0) is 42.7 Å². The third-order valence-corrected chi connectivity index (χ3v) is 20.9. The summed E-state index contributed by atoms with van der Waals surface area (Å²) in [5, 5.41) is 77.0. The zero-order valence-corrected chi connectivity index (χ0v) is 43.1. The second kappa shape index (κ2) is 18.6. The summed E-state index contributed by atoms with van der Waals surface area (Å²) in [7, 11) is 0. The summed E-state index contributed by atoms with van der Waals surface area (Å²) < 4.78 is 52.7. The molecule has 4 heterocycles. The zero-order chi connectivity index (χ0) is 51.0. The van der Waals surface area contributed by atoms with Crippen LogP contribution in [0, 0.1) is 50.2 Å². The Hall–Kier alpha value is -2.13. The number of rotatable bonds is 8. The Kier molecular flexibility index (Phi) is 13.7. The molecule has 0 aromatic heterocycles. The monoisotopic (exact) mass is 999 g/mol. The van der Waals surface area contributed by atoms with E-state index in [1.807, 2.05) is 30.3 Å². The fourth-order valence-electron chi connectivity index (χ4n) is 16.3. The molecule has 4 saturated heterocycles. The molecule has 16 nitrogen and oxygen atoms in total. The van der Waals surface area contributed by atoms with Crippen molar-refractivity contribution in [2.24, 2.45) is 50.2 Å². The predicted octanol–water partition coefficient (Wildman–Crippen LogP) is 5.52. The SMILES string of the molecule is C[C@@H]1O[C@@H](O[C@H]2[C@H]3OC(c4ccccc4)OC[C@H]3O[C@@H](O[C@H]3CC[C@]4(C)[C@H]5CC=C6[C@@H]7CC(C)(C)CC[C@]7(C(=O)O)CC[C@@]6(C)[C@]5(C)CC[C@H]4C3(C)C)[C@@H]2O[C@@H]2O[C@@H](C)[C@H](O)[C@@H](O)[C@H]2O)[C@H](O)[C@H](O)[C@H]1O. The Balaban J connectivity index is 0.972. The fourth-order valence-corrected chi connectivity index (χ4v) is 16.3. The molecule has 7 N–H and O–H groups in total. The molecule has 398 valence electrons. The van der Waals surface area contributed by atoms with Crippen LogP contribution in [0.15, 0.2) is 42.0 Å². The average molecular weight is 999 g/mol. The number of benzene rings is 1. The van der Waals surface area contributed by atoms with E-state index < -0.39 is 121 Å². The summed E-state index contributed by atoms with van der Waals surface area (Å²) in [6.07, 6.45) is -10.1. The highest BCUT2D eigenvalue weighted by atomic mass is 16.8. The van der Waals surface area contributed by atoms with E-state index in [9.17, 15) is 40.5 Å². The first-order chi connectivity index (χ1) is 33.4. The Bertz CT molecular complexity index is 2140. The van der Waals surface area contributed by atoms with Gasteiger partial charge in [0.1, 0.15) is 61.0 Å². The van der Waals surface area contributed by atoms with Gasteiger partial charge in [-0.3, -0.25) is 4.79 Å². The Labute approximate surface area is 418 Å². The first-order valence-corrected chi connectivity index (χ1v) is 26.6. The standard InChI is InChI=1S/C55H82O16/c1-27-36(56)38(58)40(60)46(65-27)70-43-42-32(26-64-45(69-42)29-13-11-10-12-14-29)67-48(44(43)71-47-41(61)39(59)37(57)28(2)66-47)68-35-18-19-52(7)33(51(35,5)6)17-20-54(9)34(52)16-15-30-31-25-50(3,4)21-23-55(31,49(62)63)24-22-53(30,54)8/h10-15,27-28,31-48,56-61H,16-26H2,1-9H3,(H,62,63)/t27-,28-,31-,32+,33-,34+,35-,36-,37-,38+,39+,40+,41+,42-,43-,44+,45?,46-,47-,48-,52-,53+,54+,55-/m0/s1. The number of aliphatic hydroxyl groups is 6. The molecule has 9 aliphatic rings. The van der Waals surface area contributed by atoms with Crippen molar-refractivity contribution in [3.8, 4) is 0 Å². The Morgan fingerprint density at radius 1 is 0.648 bits per heavy atom. The van der Waals surface area contributed by atoms with Gasteiger partial charge in [-0.05, 0) is 123 Å². The van der Waals surface area contributed by atoms with Crippen LogP contribution in [-0.4, -0.2) is 147 Å². The van der Waals surface area contributed by atoms with Crippen molar-refractivity contribution in [2.75, 3.05) is 6.61 Å². The van der Waals surface area contributed by atoms with Crippen LogP contribution in [0.25, 0.3) is 0 Å². The molecule has 1 aromatic carbocycles. The quantitative estimate of drug-likeness (QED) is 0.126. The maximum atomic E-state index is 13.3. The molecule has 0 spiro atoms. The number of allylic oxidation sites excluding steroid dienone is 2. The van der Waals surface area contributed by atoms with E-state index in [2.05, 4.69) is 54.5 Å². The third-order valence-electron chi connectivity index (χ3n) is 20.9. The van der Waals surface area contributed by atoms with Crippen LogP contribution < -0.4 is 0 Å². The highest BCUT2D eigenvalue weighted by Gasteiger charge is 2.70. The van der Waals surface area contributed by atoms with Crippen molar-refractivity contribution in [3.05, 3.63) is 47.5 Å². The van der Waals surface area contributed by atoms with Crippen molar-refractivity contribution in [2.45, 2.75) is 231 Å². The normalized spacial score (nSPS) is 52.4. The summed E-state index contributed by atoms with van der Waals surface area (Å²) >= 11 is 0. The maximum absolute atomic E-state index is 13.3. The first kappa shape index (κ1) is 52.3. The minimum absolute atomic E-state index is 0.0262. The van der Waals surface area contributed by atoms with Gasteiger partial charge < -0.3 is 73.6 Å². The molecule has 24 atom stereocenters. The lowest BCUT2D eigenvalue weighted by molar-refractivity contribution is -0.420. The van der Waals surface area contributed by atoms with E-state index in [4.69, 9.17) is 37.9 Å². The van der Waals surface area contributed by atoms with E-state index in [-0.39, 0.29) is 40.1 Å². The van der Waals surface area contributed by atoms with Crippen molar-refractivity contribution < 1.29 is 78.4 Å². The minimum atomic E-state index is -1.70. The number of carbonyl (C=O) groups is 1. The van der Waals surface area contributed by atoms with Crippen LogP contribution in [0.5, 0.6) is 0 Å². The lowest BCUT2D eigenvalue weighted by Gasteiger charge is -2.71. The van der Waals surface area contributed by atoms with Crippen LogP contribution in [0.3, 0.4) is 0 Å².